The SMILES string of the molecule is CCOCCCNc1ccc(-c2ccc(OC)c(OC)c2)nn1. The summed E-state index contributed by atoms with van der Waals surface area (Å²) in [6.45, 7) is 4.30. The Hall–Kier alpha value is -2.34. The molecule has 0 aliphatic rings. The van der Waals surface area contributed by atoms with Crippen LogP contribution in [0.25, 0.3) is 11.3 Å². The highest BCUT2D eigenvalue weighted by atomic mass is 16.5. The molecular weight excluding hydrogens is 294 g/mol. The van der Waals surface area contributed by atoms with Gasteiger partial charge < -0.3 is 19.5 Å². The van der Waals surface area contributed by atoms with Crippen LogP contribution in [0.1, 0.15) is 13.3 Å². The van der Waals surface area contributed by atoms with Crippen molar-refractivity contribution < 1.29 is 14.2 Å². The Morgan fingerprint density at radius 3 is 2.48 bits per heavy atom. The van der Waals surface area contributed by atoms with E-state index in [9.17, 15) is 0 Å². The molecule has 1 heterocycles. The van der Waals surface area contributed by atoms with E-state index in [0.29, 0.717) is 11.5 Å². The molecule has 0 aliphatic carbocycles. The summed E-state index contributed by atoms with van der Waals surface area (Å²) in [5, 5.41) is 11.7. The molecule has 0 unspecified atom stereocenters. The zero-order valence-electron chi connectivity index (χ0n) is 13.8. The van der Waals surface area contributed by atoms with Gasteiger partial charge in [-0.2, -0.15) is 0 Å². The normalized spacial score (nSPS) is 10.4. The average molecular weight is 317 g/mol. The first kappa shape index (κ1) is 17.0. The van der Waals surface area contributed by atoms with E-state index in [0.717, 1.165) is 43.3 Å². The molecule has 0 radical (unpaired) electrons. The molecule has 0 aliphatic heterocycles. The van der Waals surface area contributed by atoms with E-state index in [1.807, 2.05) is 37.3 Å². The van der Waals surface area contributed by atoms with Crippen LogP contribution < -0.4 is 14.8 Å². The van der Waals surface area contributed by atoms with E-state index in [-0.39, 0.29) is 0 Å². The van der Waals surface area contributed by atoms with Crippen molar-refractivity contribution >= 4 is 5.82 Å². The molecular formula is C17H23N3O3. The van der Waals surface area contributed by atoms with Crippen molar-refractivity contribution in [3.8, 4) is 22.8 Å². The molecule has 0 atom stereocenters. The number of anilines is 1. The minimum Gasteiger partial charge on any atom is -0.493 e. The molecule has 1 aromatic heterocycles. The van der Waals surface area contributed by atoms with E-state index in [2.05, 4.69) is 15.5 Å². The van der Waals surface area contributed by atoms with E-state index in [1.54, 1.807) is 14.2 Å². The van der Waals surface area contributed by atoms with Crippen LogP contribution in [0.5, 0.6) is 11.5 Å². The van der Waals surface area contributed by atoms with Crippen LogP contribution in [0.3, 0.4) is 0 Å². The number of aromatic nitrogens is 2. The Labute approximate surface area is 136 Å². The molecule has 0 saturated carbocycles. The number of benzene rings is 1. The van der Waals surface area contributed by atoms with Gasteiger partial charge in [0, 0.05) is 25.3 Å². The van der Waals surface area contributed by atoms with Crippen molar-refractivity contribution in [3.05, 3.63) is 30.3 Å². The van der Waals surface area contributed by atoms with Crippen LogP contribution in [0.2, 0.25) is 0 Å². The van der Waals surface area contributed by atoms with Crippen molar-refractivity contribution in [3.63, 3.8) is 0 Å². The predicted octanol–water partition coefficient (Wildman–Crippen LogP) is 3.00. The molecule has 0 bridgehead atoms. The second-order valence-corrected chi connectivity index (χ2v) is 4.85. The van der Waals surface area contributed by atoms with E-state index in [4.69, 9.17) is 14.2 Å². The number of hydrogen-bond donors (Lipinski definition) is 1. The molecule has 2 aromatic rings. The molecule has 1 aromatic carbocycles. The summed E-state index contributed by atoms with van der Waals surface area (Å²) >= 11 is 0. The quantitative estimate of drug-likeness (QED) is 0.717. The van der Waals surface area contributed by atoms with Crippen LogP contribution in [0, 0.1) is 0 Å². The van der Waals surface area contributed by atoms with Gasteiger partial charge in [-0.15, -0.1) is 10.2 Å². The third kappa shape index (κ3) is 4.82. The zero-order valence-corrected chi connectivity index (χ0v) is 13.8. The van der Waals surface area contributed by atoms with Crippen LogP contribution in [-0.2, 0) is 4.74 Å². The van der Waals surface area contributed by atoms with Gasteiger partial charge in [-0.1, -0.05) is 0 Å². The fourth-order valence-electron chi connectivity index (χ4n) is 2.11. The molecule has 23 heavy (non-hydrogen) atoms. The average Bonchev–Trinajstić information content (AvgIpc) is 2.61. The van der Waals surface area contributed by atoms with Gasteiger partial charge in [0.2, 0.25) is 0 Å². The minimum atomic E-state index is 0.671. The lowest BCUT2D eigenvalue weighted by Gasteiger charge is -2.09. The maximum absolute atomic E-state index is 5.31. The summed E-state index contributed by atoms with van der Waals surface area (Å²) < 4.78 is 15.8. The topological polar surface area (TPSA) is 65.5 Å². The highest BCUT2D eigenvalue weighted by Crippen LogP contribution is 2.31. The number of rotatable bonds is 9. The molecule has 0 fully saturated rings. The van der Waals surface area contributed by atoms with Crippen LogP contribution in [0.4, 0.5) is 5.82 Å². The summed E-state index contributed by atoms with van der Waals surface area (Å²) in [4.78, 5) is 0. The van der Waals surface area contributed by atoms with E-state index >= 15 is 0 Å². The van der Waals surface area contributed by atoms with Crippen molar-refractivity contribution in [2.45, 2.75) is 13.3 Å². The lowest BCUT2D eigenvalue weighted by atomic mass is 10.1. The second-order valence-electron chi connectivity index (χ2n) is 4.85. The molecule has 6 nitrogen and oxygen atoms in total. The molecule has 124 valence electrons. The van der Waals surface area contributed by atoms with Crippen molar-refractivity contribution in [1.82, 2.24) is 10.2 Å². The van der Waals surface area contributed by atoms with Gasteiger partial charge in [0.05, 0.1) is 19.9 Å². The summed E-state index contributed by atoms with van der Waals surface area (Å²) in [5.74, 6) is 2.12. The Balaban J connectivity index is 1.99. The molecule has 1 N–H and O–H groups in total. The first-order valence-electron chi connectivity index (χ1n) is 7.66. The Morgan fingerprint density at radius 2 is 1.83 bits per heavy atom. The standard InChI is InChI=1S/C17H23N3O3/c1-4-23-11-5-10-18-17-9-7-14(19-20-17)13-6-8-15(21-2)16(12-13)22-3/h6-9,12H,4-5,10-11H2,1-3H3,(H,18,20). The molecule has 6 heteroatoms. The van der Waals surface area contributed by atoms with Crippen molar-refractivity contribution in [2.24, 2.45) is 0 Å². The van der Waals surface area contributed by atoms with Gasteiger partial charge in [0.15, 0.2) is 11.5 Å². The maximum Gasteiger partial charge on any atom is 0.161 e. The van der Waals surface area contributed by atoms with Gasteiger partial charge >= 0.3 is 0 Å². The zero-order chi connectivity index (χ0) is 16.5. The predicted molar refractivity (Wildman–Crippen MR) is 90.2 cm³/mol. The summed E-state index contributed by atoms with van der Waals surface area (Å²) in [7, 11) is 3.23. The van der Waals surface area contributed by atoms with Crippen molar-refractivity contribution in [2.75, 3.05) is 39.3 Å². The van der Waals surface area contributed by atoms with Gasteiger partial charge in [-0.05, 0) is 43.7 Å². The van der Waals surface area contributed by atoms with Gasteiger partial charge in [0.25, 0.3) is 0 Å². The fraction of sp³-hybridized carbons (Fsp3) is 0.412. The van der Waals surface area contributed by atoms with Gasteiger partial charge in [-0.3, -0.25) is 0 Å². The van der Waals surface area contributed by atoms with Crippen LogP contribution in [0.15, 0.2) is 30.3 Å². The third-order valence-corrected chi connectivity index (χ3v) is 3.32. The largest absolute Gasteiger partial charge is 0.493 e. The summed E-state index contributed by atoms with van der Waals surface area (Å²) in [5.41, 5.74) is 1.71. The van der Waals surface area contributed by atoms with E-state index in [1.165, 1.54) is 0 Å². The van der Waals surface area contributed by atoms with Crippen LogP contribution >= 0.6 is 0 Å². The third-order valence-electron chi connectivity index (χ3n) is 3.32. The smallest absolute Gasteiger partial charge is 0.161 e. The molecule has 0 saturated heterocycles. The number of methoxy groups -OCH3 is 2. The van der Waals surface area contributed by atoms with Gasteiger partial charge in [-0.25, -0.2) is 0 Å². The Kier molecular flexibility index (Phi) is 6.62. The van der Waals surface area contributed by atoms with Gasteiger partial charge in [0.1, 0.15) is 5.82 Å². The second kappa shape index (κ2) is 8.95. The Morgan fingerprint density at radius 1 is 1.00 bits per heavy atom. The summed E-state index contributed by atoms with van der Waals surface area (Å²) in [6.07, 6.45) is 0.937. The molecule has 0 spiro atoms. The molecule has 2 rings (SSSR count). The fourth-order valence-corrected chi connectivity index (χ4v) is 2.11. The Bertz CT molecular complexity index is 603. The molecule has 0 amide bonds. The minimum absolute atomic E-state index is 0.671. The number of nitrogens with zero attached hydrogens (tertiary/aromatic N) is 2. The number of nitrogens with one attached hydrogen (secondary N) is 1. The highest BCUT2D eigenvalue weighted by molar-refractivity contribution is 5.64. The highest BCUT2D eigenvalue weighted by Gasteiger charge is 2.07. The summed E-state index contributed by atoms with van der Waals surface area (Å²) in [6, 6.07) is 9.52. The first-order valence-corrected chi connectivity index (χ1v) is 7.66. The lowest BCUT2D eigenvalue weighted by molar-refractivity contribution is 0.147. The lowest BCUT2D eigenvalue weighted by Crippen LogP contribution is -2.07. The first-order chi connectivity index (χ1) is 11.3. The van der Waals surface area contributed by atoms with Crippen molar-refractivity contribution in [1.29, 1.82) is 0 Å². The maximum atomic E-state index is 5.31. The monoisotopic (exact) mass is 317 g/mol. The van der Waals surface area contributed by atoms with Crippen LogP contribution in [-0.4, -0.2) is 44.2 Å². The van der Waals surface area contributed by atoms with E-state index < -0.39 is 0 Å². The number of hydrogen-bond acceptors (Lipinski definition) is 6. The number of ether oxygens (including phenoxy) is 3.